The molecule has 0 aromatic heterocycles. The average Bonchev–Trinajstić information content (AvgIpc) is 2.26. The molecule has 72 valence electrons. The highest BCUT2D eigenvalue weighted by molar-refractivity contribution is 4.71. The predicted octanol–water partition coefficient (Wildman–Crippen LogP) is 1.30. The molecule has 2 atom stereocenters. The van der Waals surface area contributed by atoms with E-state index in [1.807, 2.05) is 13.8 Å². The molecule has 0 aromatic rings. The second-order valence-corrected chi connectivity index (χ2v) is 3.88. The third kappa shape index (κ3) is 3.09. The highest BCUT2D eigenvalue weighted by Gasteiger charge is 2.32. The summed E-state index contributed by atoms with van der Waals surface area (Å²) >= 11 is 0. The van der Waals surface area contributed by atoms with Gasteiger partial charge in [0.25, 0.3) is 0 Å². The number of hydrogen-bond acceptors (Lipinski definition) is 3. The zero-order valence-corrected chi connectivity index (χ0v) is 8.04. The Morgan fingerprint density at radius 2 is 2.25 bits per heavy atom. The molecule has 1 heterocycles. The molecule has 0 aliphatic carbocycles. The third-order valence-electron chi connectivity index (χ3n) is 1.97. The van der Waals surface area contributed by atoms with Crippen LogP contribution in [0.15, 0.2) is 0 Å². The standard InChI is InChI=1S/C9H18O3/c1-7(10)4-5-8-6-11-9(2,3)12-8/h7-8,10H,4-6H2,1-3H3/t7-,8+/m1/s1. The summed E-state index contributed by atoms with van der Waals surface area (Å²) in [6.45, 7) is 6.27. The van der Waals surface area contributed by atoms with Crippen molar-refractivity contribution < 1.29 is 14.6 Å². The number of aliphatic hydroxyl groups excluding tert-OH is 1. The van der Waals surface area contributed by atoms with Gasteiger partial charge in [0.1, 0.15) is 0 Å². The summed E-state index contributed by atoms with van der Waals surface area (Å²) in [5.41, 5.74) is 0. The lowest BCUT2D eigenvalue weighted by Crippen LogP contribution is -2.21. The summed E-state index contributed by atoms with van der Waals surface area (Å²) < 4.78 is 10.9. The molecule has 1 rings (SSSR count). The highest BCUT2D eigenvalue weighted by Crippen LogP contribution is 2.24. The summed E-state index contributed by atoms with van der Waals surface area (Å²) in [4.78, 5) is 0. The Balaban J connectivity index is 2.20. The van der Waals surface area contributed by atoms with E-state index in [4.69, 9.17) is 14.6 Å². The quantitative estimate of drug-likeness (QED) is 0.701. The van der Waals surface area contributed by atoms with Crippen LogP contribution >= 0.6 is 0 Å². The Kier molecular flexibility index (Phi) is 3.09. The molecule has 0 spiro atoms. The molecule has 1 aliphatic heterocycles. The van der Waals surface area contributed by atoms with Gasteiger partial charge in [-0.2, -0.15) is 0 Å². The Hall–Kier alpha value is -0.120. The lowest BCUT2D eigenvalue weighted by atomic mass is 10.1. The van der Waals surface area contributed by atoms with E-state index in [1.165, 1.54) is 0 Å². The first-order valence-corrected chi connectivity index (χ1v) is 4.49. The van der Waals surface area contributed by atoms with Crippen molar-refractivity contribution in [3.63, 3.8) is 0 Å². The molecule has 1 fully saturated rings. The first-order chi connectivity index (χ1) is 5.49. The Bertz CT molecular complexity index is 143. The van der Waals surface area contributed by atoms with E-state index in [2.05, 4.69) is 0 Å². The second kappa shape index (κ2) is 3.73. The first kappa shape index (κ1) is 9.96. The fourth-order valence-corrected chi connectivity index (χ4v) is 1.33. The van der Waals surface area contributed by atoms with Crippen molar-refractivity contribution in [2.45, 2.75) is 51.6 Å². The summed E-state index contributed by atoms with van der Waals surface area (Å²) in [6, 6.07) is 0. The largest absolute Gasteiger partial charge is 0.393 e. The monoisotopic (exact) mass is 174 g/mol. The molecule has 3 heteroatoms. The lowest BCUT2D eigenvalue weighted by Gasteiger charge is -2.17. The number of rotatable bonds is 3. The number of hydrogen-bond donors (Lipinski definition) is 1. The number of aliphatic hydroxyl groups is 1. The molecule has 0 amide bonds. The van der Waals surface area contributed by atoms with Crippen LogP contribution in [0.4, 0.5) is 0 Å². The van der Waals surface area contributed by atoms with E-state index in [0.29, 0.717) is 6.61 Å². The first-order valence-electron chi connectivity index (χ1n) is 4.49. The van der Waals surface area contributed by atoms with Gasteiger partial charge in [0.2, 0.25) is 0 Å². The normalized spacial score (nSPS) is 30.5. The fourth-order valence-electron chi connectivity index (χ4n) is 1.33. The van der Waals surface area contributed by atoms with Gasteiger partial charge in [-0.05, 0) is 33.6 Å². The summed E-state index contributed by atoms with van der Waals surface area (Å²) in [7, 11) is 0. The third-order valence-corrected chi connectivity index (χ3v) is 1.97. The average molecular weight is 174 g/mol. The van der Waals surface area contributed by atoms with Gasteiger partial charge in [0, 0.05) is 0 Å². The lowest BCUT2D eigenvalue weighted by molar-refractivity contribution is -0.139. The Morgan fingerprint density at radius 3 is 2.67 bits per heavy atom. The van der Waals surface area contributed by atoms with Gasteiger partial charge >= 0.3 is 0 Å². The van der Waals surface area contributed by atoms with E-state index < -0.39 is 5.79 Å². The minimum absolute atomic E-state index is 0.162. The highest BCUT2D eigenvalue weighted by atomic mass is 16.7. The summed E-state index contributed by atoms with van der Waals surface area (Å²) in [6.07, 6.45) is 1.58. The molecule has 0 bridgehead atoms. The SMILES string of the molecule is C[C@@H](O)CC[C@H]1COC(C)(C)O1. The fraction of sp³-hybridized carbons (Fsp3) is 1.00. The van der Waals surface area contributed by atoms with Crippen molar-refractivity contribution in [3.05, 3.63) is 0 Å². The molecule has 3 nitrogen and oxygen atoms in total. The molecule has 12 heavy (non-hydrogen) atoms. The van der Waals surface area contributed by atoms with Crippen molar-refractivity contribution in [1.82, 2.24) is 0 Å². The number of ether oxygens (including phenoxy) is 2. The maximum atomic E-state index is 9.05. The van der Waals surface area contributed by atoms with Crippen LogP contribution in [0, 0.1) is 0 Å². The zero-order chi connectivity index (χ0) is 9.19. The van der Waals surface area contributed by atoms with E-state index in [1.54, 1.807) is 6.92 Å². The van der Waals surface area contributed by atoms with Crippen molar-refractivity contribution >= 4 is 0 Å². The van der Waals surface area contributed by atoms with E-state index in [9.17, 15) is 0 Å². The van der Waals surface area contributed by atoms with Crippen molar-refractivity contribution in [2.24, 2.45) is 0 Å². The minimum Gasteiger partial charge on any atom is -0.393 e. The minimum atomic E-state index is -0.427. The maximum Gasteiger partial charge on any atom is 0.163 e. The summed E-state index contributed by atoms with van der Waals surface area (Å²) in [5.74, 6) is -0.427. The predicted molar refractivity (Wildman–Crippen MR) is 45.8 cm³/mol. The van der Waals surface area contributed by atoms with Crippen molar-refractivity contribution in [3.8, 4) is 0 Å². The van der Waals surface area contributed by atoms with Crippen LogP contribution in [-0.4, -0.2) is 29.7 Å². The van der Waals surface area contributed by atoms with E-state index >= 15 is 0 Å². The molecule has 1 saturated heterocycles. The zero-order valence-electron chi connectivity index (χ0n) is 8.04. The van der Waals surface area contributed by atoms with Crippen molar-refractivity contribution in [1.29, 1.82) is 0 Å². The van der Waals surface area contributed by atoms with E-state index in [-0.39, 0.29) is 12.2 Å². The molecule has 1 N–H and O–H groups in total. The van der Waals surface area contributed by atoms with Crippen LogP contribution in [-0.2, 0) is 9.47 Å². The molecular weight excluding hydrogens is 156 g/mol. The maximum absolute atomic E-state index is 9.05. The van der Waals surface area contributed by atoms with Gasteiger partial charge < -0.3 is 14.6 Å². The van der Waals surface area contributed by atoms with Crippen LogP contribution in [0.2, 0.25) is 0 Å². The molecule has 1 aliphatic rings. The van der Waals surface area contributed by atoms with Gasteiger partial charge in [-0.3, -0.25) is 0 Å². The van der Waals surface area contributed by atoms with Crippen LogP contribution in [0.3, 0.4) is 0 Å². The van der Waals surface area contributed by atoms with Gasteiger partial charge in [-0.1, -0.05) is 0 Å². The smallest absolute Gasteiger partial charge is 0.163 e. The van der Waals surface area contributed by atoms with Gasteiger partial charge in [0.05, 0.1) is 18.8 Å². The van der Waals surface area contributed by atoms with Crippen LogP contribution in [0.25, 0.3) is 0 Å². The summed E-state index contributed by atoms with van der Waals surface area (Å²) in [5, 5.41) is 9.05. The molecule has 0 aromatic carbocycles. The molecule has 0 unspecified atom stereocenters. The van der Waals surface area contributed by atoms with Crippen molar-refractivity contribution in [2.75, 3.05) is 6.61 Å². The van der Waals surface area contributed by atoms with E-state index in [0.717, 1.165) is 12.8 Å². The molecule has 0 saturated carbocycles. The second-order valence-electron chi connectivity index (χ2n) is 3.88. The van der Waals surface area contributed by atoms with Gasteiger partial charge in [0.15, 0.2) is 5.79 Å². The van der Waals surface area contributed by atoms with Gasteiger partial charge in [-0.15, -0.1) is 0 Å². The van der Waals surface area contributed by atoms with Crippen LogP contribution < -0.4 is 0 Å². The van der Waals surface area contributed by atoms with Gasteiger partial charge in [-0.25, -0.2) is 0 Å². The topological polar surface area (TPSA) is 38.7 Å². The van der Waals surface area contributed by atoms with Crippen LogP contribution in [0.5, 0.6) is 0 Å². The van der Waals surface area contributed by atoms with Crippen LogP contribution in [0.1, 0.15) is 33.6 Å². The Labute approximate surface area is 73.7 Å². The molecular formula is C9H18O3. The Morgan fingerprint density at radius 1 is 1.58 bits per heavy atom. The molecule has 0 radical (unpaired) electrons.